The molecule has 0 saturated heterocycles. The fourth-order valence-electron chi connectivity index (χ4n) is 3.35. The first kappa shape index (κ1) is 13.0. The van der Waals surface area contributed by atoms with Gasteiger partial charge in [-0.25, -0.2) is 4.98 Å². The van der Waals surface area contributed by atoms with E-state index in [-0.39, 0.29) is 6.61 Å². The lowest BCUT2D eigenvalue weighted by atomic mass is 9.90. The minimum absolute atomic E-state index is 0.0231. The molecular formula is C17H18N2OS. The maximum atomic E-state index is 9.54. The number of aliphatic hydroxyl groups excluding tert-OH is 1. The zero-order valence-corrected chi connectivity index (χ0v) is 12.9. The van der Waals surface area contributed by atoms with Crippen molar-refractivity contribution in [1.29, 1.82) is 0 Å². The van der Waals surface area contributed by atoms with Crippen LogP contribution in [0.25, 0.3) is 16.2 Å². The van der Waals surface area contributed by atoms with Gasteiger partial charge in [-0.2, -0.15) is 0 Å². The fraction of sp³-hybridized carbons (Fsp3) is 0.353. The predicted molar refractivity (Wildman–Crippen MR) is 85.8 cm³/mol. The van der Waals surface area contributed by atoms with Crippen LogP contribution in [-0.4, -0.2) is 14.5 Å². The third-order valence-electron chi connectivity index (χ3n) is 4.39. The summed E-state index contributed by atoms with van der Waals surface area (Å²) in [7, 11) is 0. The molecule has 4 heteroatoms. The van der Waals surface area contributed by atoms with Gasteiger partial charge in [0.25, 0.3) is 0 Å². The molecule has 0 amide bonds. The van der Waals surface area contributed by atoms with Crippen molar-refractivity contribution in [3.05, 3.63) is 46.1 Å². The van der Waals surface area contributed by atoms with Crippen molar-refractivity contribution < 1.29 is 5.11 Å². The Morgan fingerprint density at radius 2 is 2.05 bits per heavy atom. The van der Waals surface area contributed by atoms with Crippen LogP contribution in [-0.2, 0) is 19.4 Å². The number of nitrogens with zero attached hydrogens (tertiary/aromatic N) is 2. The van der Waals surface area contributed by atoms with Crippen molar-refractivity contribution in [3.8, 4) is 11.3 Å². The van der Waals surface area contributed by atoms with Crippen molar-refractivity contribution in [1.82, 2.24) is 9.38 Å². The lowest BCUT2D eigenvalue weighted by Crippen LogP contribution is -2.03. The summed E-state index contributed by atoms with van der Waals surface area (Å²) in [5, 5.41) is 9.54. The van der Waals surface area contributed by atoms with E-state index in [2.05, 4.69) is 34.5 Å². The monoisotopic (exact) mass is 298 g/mol. The largest absolute Gasteiger partial charge is 0.390 e. The van der Waals surface area contributed by atoms with E-state index in [0.717, 1.165) is 10.7 Å². The van der Waals surface area contributed by atoms with Crippen LogP contribution in [0, 0.1) is 6.92 Å². The maximum Gasteiger partial charge on any atom is 0.194 e. The first-order chi connectivity index (χ1) is 10.3. The number of thiazole rings is 1. The summed E-state index contributed by atoms with van der Waals surface area (Å²) in [5.74, 6) is 0. The highest BCUT2D eigenvalue weighted by molar-refractivity contribution is 7.17. The maximum absolute atomic E-state index is 9.54. The molecule has 21 heavy (non-hydrogen) atoms. The predicted octanol–water partition coefficient (Wildman–Crippen LogP) is 3.74. The molecule has 0 spiro atoms. The summed E-state index contributed by atoms with van der Waals surface area (Å²) in [5.41, 5.74) is 6.28. The normalized spacial score (nSPS) is 14.6. The fourth-order valence-corrected chi connectivity index (χ4v) is 4.33. The van der Waals surface area contributed by atoms with E-state index in [0.29, 0.717) is 0 Å². The van der Waals surface area contributed by atoms with Crippen molar-refractivity contribution in [3.63, 3.8) is 0 Å². The number of aliphatic hydroxyl groups is 1. The van der Waals surface area contributed by atoms with E-state index in [1.165, 1.54) is 52.9 Å². The highest BCUT2D eigenvalue weighted by atomic mass is 32.1. The van der Waals surface area contributed by atoms with Crippen LogP contribution < -0.4 is 0 Å². The van der Waals surface area contributed by atoms with Gasteiger partial charge in [0, 0.05) is 4.88 Å². The van der Waals surface area contributed by atoms with E-state index >= 15 is 0 Å². The minimum atomic E-state index is 0.0231. The van der Waals surface area contributed by atoms with Crippen LogP contribution in [0.1, 0.15) is 34.5 Å². The highest BCUT2D eigenvalue weighted by Crippen LogP contribution is 2.34. The van der Waals surface area contributed by atoms with Gasteiger partial charge >= 0.3 is 0 Å². The summed E-state index contributed by atoms with van der Waals surface area (Å²) >= 11 is 1.69. The summed E-state index contributed by atoms with van der Waals surface area (Å²) in [6.45, 7) is 2.16. The van der Waals surface area contributed by atoms with Gasteiger partial charge < -0.3 is 5.11 Å². The molecule has 3 nitrogen and oxygen atoms in total. The summed E-state index contributed by atoms with van der Waals surface area (Å²) in [4.78, 5) is 6.62. The lowest BCUT2D eigenvalue weighted by molar-refractivity contribution is 0.276. The van der Waals surface area contributed by atoms with E-state index in [9.17, 15) is 5.11 Å². The number of fused-ring (bicyclic) bond motifs is 2. The number of aromatic nitrogens is 2. The van der Waals surface area contributed by atoms with Crippen molar-refractivity contribution in [2.24, 2.45) is 0 Å². The molecule has 2 aromatic heterocycles. The molecule has 4 rings (SSSR count). The topological polar surface area (TPSA) is 37.5 Å². The number of benzene rings is 1. The zero-order valence-electron chi connectivity index (χ0n) is 12.1. The molecule has 1 aliphatic carbocycles. The third kappa shape index (κ3) is 2.01. The third-order valence-corrected chi connectivity index (χ3v) is 5.36. The number of hydrogen-bond acceptors (Lipinski definition) is 3. The van der Waals surface area contributed by atoms with Crippen LogP contribution in [0.3, 0.4) is 0 Å². The first-order valence-electron chi connectivity index (χ1n) is 7.46. The SMILES string of the molecule is Cc1sc2ncc(CO)n2c1-c1ccc2c(c1)CCCC2. The molecular weight excluding hydrogens is 280 g/mol. The van der Waals surface area contributed by atoms with Gasteiger partial charge in [-0.3, -0.25) is 4.40 Å². The number of hydrogen-bond donors (Lipinski definition) is 1. The Morgan fingerprint density at radius 1 is 1.24 bits per heavy atom. The Hall–Kier alpha value is -1.65. The lowest BCUT2D eigenvalue weighted by Gasteiger charge is -2.17. The Morgan fingerprint density at radius 3 is 2.86 bits per heavy atom. The van der Waals surface area contributed by atoms with Crippen LogP contribution in [0.2, 0.25) is 0 Å². The molecule has 1 N–H and O–H groups in total. The van der Waals surface area contributed by atoms with Crippen LogP contribution in [0.4, 0.5) is 0 Å². The zero-order chi connectivity index (χ0) is 14.4. The van der Waals surface area contributed by atoms with Gasteiger partial charge in [-0.05, 0) is 55.4 Å². The van der Waals surface area contributed by atoms with Crippen LogP contribution in [0.15, 0.2) is 24.4 Å². The van der Waals surface area contributed by atoms with Gasteiger partial charge in [-0.15, -0.1) is 11.3 Å². The standard InChI is InChI=1S/C17H18N2OS/c1-11-16(19-15(10-20)9-18-17(19)21-11)14-7-6-12-4-2-3-5-13(12)8-14/h6-9,20H,2-5,10H2,1H3. The molecule has 0 bridgehead atoms. The second kappa shape index (κ2) is 4.97. The Kier molecular flexibility index (Phi) is 3.08. The average Bonchev–Trinajstić information content (AvgIpc) is 3.04. The molecule has 0 atom stereocenters. The molecule has 0 radical (unpaired) electrons. The van der Waals surface area contributed by atoms with Crippen LogP contribution in [0.5, 0.6) is 0 Å². The molecule has 0 unspecified atom stereocenters. The van der Waals surface area contributed by atoms with Gasteiger partial charge in [0.05, 0.1) is 24.2 Å². The molecule has 0 saturated carbocycles. The summed E-state index contributed by atoms with van der Waals surface area (Å²) in [6.07, 6.45) is 6.77. The van der Waals surface area contributed by atoms with Gasteiger partial charge in [0.2, 0.25) is 0 Å². The van der Waals surface area contributed by atoms with Gasteiger partial charge in [0.15, 0.2) is 4.96 Å². The van der Waals surface area contributed by atoms with Crippen molar-refractivity contribution >= 4 is 16.3 Å². The molecule has 0 fully saturated rings. The second-order valence-corrected chi connectivity index (χ2v) is 6.90. The first-order valence-corrected chi connectivity index (χ1v) is 8.28. The Labute approximate surface area is 127 Å². The average molecular weight is 298 g/mol. The summed E-state index contributed by atoms with van der Waals surface area (Å²) < 4.78 is 2.10. The van der Waals surface area contributed by atoms with Gasteiger partial charge in [0.1, 0.15) is 0 Å². The number of imidazole rings is 1. The quantitative estimate of drug-likeness (QED) is 0.782. The Bertz CT molecular complexity index is 816. The van der Waals surface area contributed by atoms with Crippen LogP contribution >= 0.6 is 11.3 Å². The van der Waals surface area contributed by atoms with Crippen molar-refractivity contribution in [2.75, 3.05) is 0 Å². The number of rotatable bonds is 2. The highest BCUT2D eigenvalue weighted by Gasteiger charge is 2.17. The minimum Gasteiger partial charge on any atom is -0.390 e. The van der Waals surface area contributed by atoms with E-state index in [4.69, 9.17) is 0 Å². The number of aryl methyl sites for hydroxylation is 3. The molecule has 108 valence electrons. The molecule has 0 aliphatic heterocycles. The van der Waals surface area contributed by atoms with E-state index < -0.39 is 0 Å². The molecule has 1 aromatic carbocycles. The van der Waals surface area contributed by atoms with E-state index in [1.54, 1.807) is 17.5 Å². The summed E-state index contributed by atoms with van der Waals surface area (Å²) in [6, 6.07) is 6.84. The van der Waals surface area contributed by atoms with E-state index in [1.807, 2.05) is 0 Å². The second-order valence-electron chi connectivity index (χ2n) is 5.72. The van der Waals surface area contributed by atoms with Crippen molar-refractivity contribution in [2.45, 2.75) is 39.2 Å². The Balaban J connectivity index is 1.93. The smallest absolute Gasteiger partial charge is 0.194 e. The molecule has 3 aromatic rings. The van der Waals surface area contributed by atoms with Gasteiger partial charge in [-0.1, -0.05) is 12.1 Å². The molecule has 2 heterocycles. The molecule has 1 aliphatic rings.